The number of nitrogens with zero attached hydrogens (tertiary/aromatic N) is 6. The molecule has 4 heterocycles. The number of hydrogen-bond acceptors (Lipinski definition) is 9. The molecule has 2 N–H and O–H groups in total. The zero-order valence-corrected chi connectivity index (χ0v) is 17.5. The van der Waals surface area contributed by atoms with E-state index in [1.165, 1.54) is 0 Å². The van der Waals surface area contributed by atoms with Crippen LogP contribution in [0.25, 0.3) is 10.9 Å². The van der Waals surface area contributed by atoms with E-state index in [9.17, 15) is 0 Å². The molecule has 0 spiro atoms. The predicted molar refractivity (Wildman–Crippen MR) is 120 cm³/mol. The molecule has 5 rings (SSSR count). The fourth-order valence-corrected chi connectivity index (χ4v) is 3.78. The normalized spacial score (nSPS) is 17.9. The number of nitrogens with one attached hydrogen (secondary N) is 2. The second-order valence-electron chi connectivity index (χ2n) is 7.51. The molecule has 10 nitrogen and oxygen atoms in total. The van der Waals surface area contributed by atoms with Crippen molar-refractivity contribution in [2.24, 2.45) is 5.10 Å². The van der Waals surface area contributed by atoms with Gasteiger partial charge in [-0.15, -0.1) is 0 Å². The molecule has 0 unspecified atom stereocenters. The Morgan fingerprint density at radius 2 is 1.55 bits per heavy atom. The Morgan fingerprint density at radius 1 is 0.935 bits per heavy atom. The number of aromatic nitrogens is 4. The maximum absolute atomic E-state index is 5.47. The van der Waals surface area contributed by atoms with Gasteiger partial charge in [0.15, 0.2) is 0 Å². The van der Waals surface area contributed by atoms with Gasteiger partial charge in [0.25, 0.3) is 0 Å². The van der Waals surface area contributed by atoms with Gasteiger partial charge in [-0.05, 0) is 13.0 Å². The van der Waals surface area contributed by atoms with Gasteiger partial charge in [0.05, 0.1) is 32.1 Å². The smallest absolute Gasteiger partial charge is 0.250 e. The van der Waals surface area contributed by atoms with Crippen LogP contribution in [0.15, 0.2) is 35.6 Å². The van der Waals surface area contributed by atoms with Crippen LogP contribution in [0.4, 0.5) is 17.8 Å². The van der Waals surface area contributed by atoms with Crippen molar-refractivity contribution in [3.63, 3.8) is 0 Å². The van der Waals surface area contributed by atoms with Crippen LogP contribution >= 0.6 is 0 Å². The van der Waals surface area contributed by atoms with Gasteiger partial charge in [-0.2, -0.15) is 20.1 Å². The first-order valence-corrected chi connectivity index (χ1v) is 10.6. The highest BCUT2D eigenvalue weighted by molar-refractivity contribution is 6.09. The Hall–Kier alpha value is -3.24. The standard InChI is InChI=1S/C21H26N8O2/c1-15(17-14-22-18-5-3-2-4-16(17)18)26-27-19-23-20(28-6-10-30-11-7-28)25-21(24-19)29-8-12-31-13-9-29/h2-5,14,22H,6-13H2,1H3,(H,23,24,25,27)/b26-15-. The minimum Gasteiger partial charge on any atom is -0.378 e. The number of rotatable bonds is 5. The van der Waals surface area contributed by atoms with Gasteiger partial charge >= 0.3 is 0 Å². The van der Waals surface area contributed by atoms with Crippen molar-refractivity contribution >= 4 is 34.5 Å². The molecule has 2 aliphatic rings. The lowest BCUT2D eigenvalue weighted by Crippen LogP contribution is -2.40. The van der Waals surface area contributed by atoms with Crippen LogP contribution in [0.3, 0.4) is 0 Å². The molecule has 2 saturated heterocycles. The minimum atomic E-state index is 0.428. The maximum atomic E-state index is 5.47. The van der Waals surface area contributed by atoms with Crippen molar-refractivity contribution in [1.82, 2.24) is 19.9 Å². The van der Waals surface area contributed by atoms with E-state index in [4.69, 9.17) is 14.5 Å². The van der Waals surface area contributed by atoms with Crippen LogP contribution in [0.1, 0.15) is 12.5 Å². The average molecular weight is 422 g/mol. The Kier molecular flexibility index (Phi) is 5.63. The quantitative estimate of drug-likeness (QED) is 0.474. The highest BCUT2D eigenvalue weighted by atomic mass is 16.5. The van der Waals surface area contributed by atoms with Gasteiger partial charge in [0.1, 0.15) is 0 Å². The first-order valence-electron chi connectivity index (χ1n) is 10.6. The first-order chi connectivity index (χ1) is 15.3. The van der Waals surface area contributed by atoms with Gasteiger partial charge in [0.2, 0.25) is 17.8 Å². The van der Waals surface area contributed by atoms with Crippen LogP contribution in [0, 0.1) is 0 Å². The van der Waals surface area contributed by atoms with Gasteiger partial charge in [0, 0.05) is 48.8 Å². The monoisotopic (exact) mass is 422 g/mol. The molecule has 2 aliphatic heterocycles. The number of ether oxygens (including phenoxy) is 2. The molecular weight excluding hydrogens is 396 g/mol. The fraction of sp³-hybridized carbons (Fsp3) is 0.429. The average Bonchev–Trinajstić information content (AvgIpc) is 3.28. The van der Waals surface area contributed by atoms with Crippen molar-refractivity contribution in [2.45, 2.75) is 6.92 Å². The molecule has 0 bridgehead atoms. The fourth-order valence-electron chi connectivity index (χ4n) is 3.78. The van der Waals surface area contributed by atoms with Crippen LogP contribution in [-0.4, -0.2) is 78.3 Å². The molecule has 1 aromatic carbocycles. The number of benzene rings is 1. The Balaban J connectivity index is 1.43. The van der Waals surface area contributed by atoms with E-state index >= 15 is 0 Å². The molecule has 2 aromatic heterocycles. The minimum absolute atomic E-state index is 0.428. The molecule has 0 atom stereocenters. The third-order valence-corrected chi connectivity index (χ3v) is 5.50. The van der Waals surface area contributed by atoms with Crippen LogP contribution < -0.4 is 15.2 Å². The lowest BCUT2D eigenvalue weighted by Gasteiger charge is -2.30. The van der Waals surface area contributed by atoms with E-state index in [0.717, 1.165) is 48.4 Å². The van der Waals surface area contributed by atoms with E-state index < -0.39 is 0 Å². The topological polar surface area (TPSA) is 104 Å². The van der Waals surface area contributed by atoms with Crippen molar-refractivity contribution in [3.8, 4) is 0 Å². The summed E-state index contributed by atoms with van der Waals surface area (Å²) in [7, 11) is 0. The molecule has 10 heteroatoms. The van der Waals surface area contributed by atoms with Gasteiger partial charge in [-0.3, -0.25) is 0 Å². The zero-order chi connectivity index (χ0) is 21.0. The number of fused-ring (bicyclic) bond motifs is 1. The molecule has 2 fully saturated rings. The van der Waals surface area contributed by atoms with E-state index in [-0.39, 0.29) is 0 Å². The second kappa shape index (κ2) is 8.86. The maximum Gasteiger partial charge on any atom is 0.250 e. The molecule has 0 aliphatic carbocycles. The lowest BCUT2D eigenvalue weighted by atomic mass is 10.1. The van der Waals surface area contributed by atoms with E-state index in [1.807, 2.05) is 25.3 Å². The van der Waals surface area contributed by atoms with Crippen molar-refractivity contribution < 1.29 is 9.47 Å². The summed E-state index contributed by atoms with van der Waals surface area (Å²) in [5, 5.41) is 5.70. The summed E-state index contributed by atoms with van der Waals surface area (Å²) in [6.07, 6.45) is 1.97. The number of hydrazone groups is 1. The summed E-state index contributed by atoms with van der Waals surface area (Å²) >= 11 is 0. The molecule has 0 radical (unpaired) electrons. The summed E-state index contributed by atoms with van der Waals surface area (Å²) < 4.78 is 10.9. The summed E-state index contributed by atoms with van der Waals surface area (Å²) in [5.41, 5.74) is 6.02. The van der Waals surface area contributed by atoms with Crippen molar-refractivity contribution in [2.75, 3.05) is 67.8 Å². The number of hydrogen-bond donors (Lipinski definition) is 2. The summed E-state index contributed by atoms with van der Waals surface area (Å²) in [6.45, 7) is 7.65. The Labute approximate surface area is 180 Å². The number of aromatic amines is 1. The van der Waals surface area contributed by atoms with Gasteiger partial charge in [-0.1, -0.05) is 18.2 Å². The molecule has 0 saturated carbocycles. The lowest BCUT2D eigenvalue weighted by molar-refractivity contribution is 0.121. The highest BCUT2D eigenvalue weighted by Crippen LogP contribution is 2.20. The third kappa shape index (κ3) is 4.30. The SMILES string of the molecule is C/C(=N/Nc1nc(N2CCOCC2)nc(N2CCOCC2)n1)c1c[nH]c2ccccc12. The van der Waals surface area contributed by atoms with Crippen LogP contribution in [0.5, 0.6) is 0 Å². The van der Waals surface area contributed by atoms with Gasteiger partial charge in [-0.25, -0.2) is 5.43 Å². The second-order valence-corrected chi connectivity index (χ2v) is 7.51. The number of anilines is 3. The molecule has 0 amide bonds. The van der Waals surface area contributed by atoms with Crippen LogP contribution in [-0.2, 0) is 9.47 Å². The highest BCUT2D eigenvalue weighted by Gasteiger charge is 2.20. The van der Waals surface area contributed by atoms with Crippen molar-refractivity contribution in [3.05, 3.63) is 36.0 Å². The molecular formula is C21H26N8O2. The van der Waals surface area contributed by atoms with Crippen LogP contribution in [0.2, 0.25) is 0 Å². The number of para-hydroxylation sites is 1. The summed E-state index contributed by atoms with van der Waals surface area (Å²) in [5.74, 6) is 1.71. The molecule has 31 heavy (non-hydrogen) atoms. The summed E-state index contributed by atoms with van der Waals surface area (Å²) in [6, 6.07) is 8.17. The van der Waals surface area contributed by atoms with E-state index in [2.05, 4.69) is 47.4 Å². The molecule has 3 aromatic rings. The van der Waals surface area contributed by atoms with Gasteiger partial charge < -0.3 is 24.3 Å². The van der Waals surface area contributed by atoms with Crippen molar-refractivity contribution in [1.29, 1.82) is 0 Å². The Bertz CT molecular complexity index is 1030. The molecule has 162 valence electrons. The van der Waals surface area contributed by atoms with E-state index in [1.54, 1.807) is 0 Å². The van der Waals surface area contributed by atoms with E-state index in [0.29, 0.717) is 44.3 Å². The predicted octanol–water partition coefficient (Wildman–Crippen LogP) is 1.86. The zero-order valence-electron chi connectivity index (χ0n) is 17.5. The largest absolute Gasteiger partial charge is 0.378 e. The summed E-state index contributed by atoms with van der Waals surface area (Å²) in [4.78, 5) is 21.5. The number of H-pyrrole nitrogens is 1. The third-order valence-electron chi connectivity index (χ3n) is 5.50. The Morgan fingerprint density at radius 3 is 2.19 bits per heavy atom. The number of morpholine rings is 2. The first kappa shape index (κ1) is 19.7.